The van der Waals surface area contributed by atoms with E-state index in [9.17, 15) is 13.2 Å². The van der Waals surface area contributed by atoms with Crippen LogP contribution in [-0.2, 0) is 10.0 Å². The predicted octanol–water partition coefficient (Wildman–Crippen LogP) is 5.56. The van der Waals surface area contributed by atoms with Gasteiger partial charge in [-0.15, -0.1) is 0 Å². The Morgan fingerprint density at radius 3 is 1.83 bits per heavy atom. The summed E-state index contributed by atoms with van der Waals surface area (Å²) in [6, 6.07) is 33.4. The van der Waals surface area contributed by atoms with E-state index < -0.39 is 10.0 Å². The first-order valence-corrected chi connectivity index (χ1v) is 15.4. The molecule has 5 rings (SSSR count). The van der Waals surface area contributed by atoms with Crippen molar-refractivity contribution in [2.24, 2.45) is 0 Å². The molecule has 10 heteroatoms. The molecule has 0 spiro atoms. The summed E-state index contributed by atoms with van der Waals surface area (Å²) in [5, 5.41) is 6.15. The maximum Gasteiger partial charge on any atom is 0.257 e. The Labute approximate surface area is 250 Å². The number of carbonyl (C=O) groups is 1. The van der Waals surface area contributed by atoms with Gasteiger partial charge in [-0.05, 0) is 71.9 Å². The quantitative estimate of drug-likeness (QED) is 0.269. The van der Waals surface area contributed by atoms with Crippen LogP contribution in [-0.4, -0.2) is 54.8 Å². The summed E-state index contributed by atoms with van der Waals surface area (Å²) in [7, 11) is -3.68. The number of rotatable bonds is 7. The van der Waals surface area contributed by atoms with Gasteiger partial charge in [-0.3, -0.25) is 15.0 Å². The minimum Gasteiger partial charge on any atom is -0.332 e. The molecule has 0 saturated carbocycles. The lowest BCUT2D eigenvalue weighted by molar-refractivity contribution is 0.0977. The molecule has 0 atom stereocenters. The molecule has 4 aromatic carbocycles. The molecule has 1 aliphatic heterocycles. The minimum atomic E-state index is -3.68. The summed E-state index contributed by atoms with van der Waals surface area (Å²) in [5.41, 5.74) is 3.34. The van der Waals surface area contributed by atoms with E-state index in [-0.39, 0.29) is 22.0 Å². The summed E-state index contributed by atoms with van der Waals surface area (Å²) >= 11 is 11.1. The SMILES string of the molecule is O=C(NC(=S)Nc1ccc(S(=O)(=O)N2CCN(C(c3ccccc3)c3ccccc3)CC2)cc1)c1ccc(Cl)cc1. The zero-order valence-corrected chi connectivity index (χ0v) is 24.5. The van der Waals surface area contributed by atoms with Crippen LogP contribution >= 0.6 is 23.8 Å². The summed E-state index contributed by atoms with van der Waals surface area (Å²) in [5.74, 6) is -0.376. The van der Waals surface area contributed by atoms with Crippen LogP contribution < -0.4 is 10.6 Å². The Kier molecular flexibility index (Phi) is 9.12. The molecule has 7 nitrogen and oxygen atoms in total. The number of anilines is 1. The fourth-order valence-electron chi connectivity index (χ4n) is 4.89. The smallest absolute Gasteiger partial charge is 0.257 e. The summed E-state index contributed by atoms with van der Waals surface area (Å²) in [4.78, 5) is 14.9. The van der Waals surface area contributed by atoms with Crippen LogP contribution in [0.2, 0.25) is 5.02 Å². The number of carbonyl (C=O) groups excluding carboxylic acids is 1. The first-order valence-electron chi connectivity index (χ1n) is 13.1. The fourth-order valence-corrected chi connectivity index (χ4v) is 6.64. The number of nitrogens with one attached hydrogen (secondary N) is 2. The van der Waals surface area contributed by atoms with Crippen molar-refractivity contribution in [3.63, 3.8) is 0 Å². The number of amides is 1. The van der Waals surface area contributed by atoms with Gasteiger partial charge in [0.2, 0.25) is 10.0 Å². The highest BCUT2D eigenvalue weighted by Crippen LogP contribution is 2.30. The monoisotopic (exact) mass is 604 g/mol. The number of sulfonamides is 1. The number of hydrogen-bond acceptors (Lipinski definition) is 5. The van der Waals surface area contributed by atoms with Crippen LogP contribution in [0.15, 0.2) is 114 Å². The molecule has 4 aromatic rings. The minimum absolute atomic E-state index is 0.0524. The third kappa shape index (κ3) is 7.01. The summed E-state index contributed by atoms with van der Waals surface area (Å²) in [6.45, 7) is 1.99. The normalized spacial score (nSPS) is 14.5. The lowest BCUT2D eigenvalue weighted by Crippen LogP contribution is -2.49. The molecule has 0 aromatic heterocycles. The van der Waals surface area contributed by atoms with E-state index in [4.69, 9.17) is 23.8 Å². The topological polar surface area (TPSA) is 81.8 Å². The van der Waals surface area contributed by atoms with Crippen molar-refractivity contribution in [1.82, 2.24) is 14.5 Å². The van der Waals surface area contributed by atoms with Gasteiger partial charge >= 0.3 is 0 Å². The first kappa shape index (κ1) is 28.9. The van der Waals surface area contributed by atoms with Crippen molar-refractivity contribution in [2.45, 2.75) is 10.9 Å². The van der Waals surface area contributed by atoms with E-state index in [0.29, 0.717) is 42.5 Å². The first-order chi connectivity index (χ1) is 19.8. The van der Waals surface area contributed by atoms with Crippen molar-refractivity contribution in [1.29, 1.82) is 0 Å². The Bertz CT molecular complexity index is 1550. The van der Waals surface area contributed by atoms with E-state index in [1.54, 1.807) is 48.5 Å². The van der Waals surface area contributed by atoms with Gasteiger partial charge in [-0.25, -0.2) is 8.42 Å². The second-order valence-electron chi connectivity index (χ2n) is 9.60. The molecular formula is C31H29ClN4O3S2. The number of thiocarbonyl (C=S) groups is 1. The molecule has 1 aliphatic rings. The lowest BCUT2D eigenvalue weighted by atomic mass is 9.96. The lowest BCUT2D eigenvalue weighted by Gasteiger charge is -2.39. The van der Waals surface area contributed by atoms with Crippen LogP contribution in [0.1, 0.15) is 27.5 Å². The van der Waals surface area contributed by atoms with Gasteiger partial charge in [-0.1, -0.05) is 72.3 Å². The fraction of sp³-hybridized carbons (Fsp3) is 0.161. The molecule has 2 N–H and O–H groups in total. The number of hydrogen-bond donors (Lipinski definition) is 2. The van der Waals surface area contributed by atoms with E-state index in [1.807, 2.05) is 36.4 Å². The van der Waals surface area contributed by atoms with Crippen molar-refractivity contribution in [3.05, 3.63) is 131 Å². The van der Waals surface area contributed by atoms with Crippen LogP contribution in [0.25, 0.3) is 0 Å². The van der Waals surface area contributed by atoms with Gasteiger partial charge < -0.3 is 5.32 Å². The molecule has 1 heterocycles. The predicted molar refractivity (Wildman–Crippen MR) is 167 cm³/mol. The van der Waals surface area contributed by atoms with Crippen molar-refractivity contribution < 1.29 is 13.2 Å². The molecule has 210 valence electrons. The molecule has 0 unspecified atom stereocenters. The highest BCUT2D eigenvalue weighted by atomic mass is 35.5. The molecule has 0 aliphatic carbocycles. The number of nitrogens with zero attached hydrogens (tertiary/aromatic N) is 2. The molecular weight excluding hydrogens is 576 g/mol. The largest absolute Gasteiger partial charge is 0.332 e. The summed E-state index contributed by atoms with van der Waals surface area (Å²) in [6.07, 6.45) is 0. The average Bonchev–Trinajstić information content (AvgIpc) is 2.99. The third-order valence-corrected chi connectivity index (χ3v) is 9.32. The van der Waals surface area contributed by atoms with E-state index in [2.05, 4.69) is 39.8 Å². The van der Waals surface area contributed by atoms with E-state index in [0.717, 1.165) is 0 Å². The molecule has 1 amide bonds. The standard InChI is InChI=1S/C31H29ClN4O3S2/c32-26-13-11-25(12-14-26)30(37)34-31(40)33-27-15-17-28(18-16-27)41(38,39)36-21-19-35(20-22-36)29(23-7-3-1-4-8-23)24-9-5-2-6-10-24/h1-18,29H,19-22H2,(H2,33,34,37,40). The second kappa shape index (κ2) is 12.9. The Balaban J connectivity index is 1.21. The molecule has 0 bridgehead atoms. The number of benzene rings is 4. The maximum absolute atomic E-state index is 13.5. The zero-order valence-electron chi connectivity index (χ0n) is 22.1. The van der Waals surface area contributed by atoms with Gasteiger partial charge in [0.25, 0.3) is 5.91 Å². The van der Waals surface area contributed by atoms with Gasteiger partial charge in [-0.2, -0.15) is 4.31 Å². The van der Waals surface area contributed by atoms with Crippen LogP contribution in [0, 0.1) is 0 Å². The Hall–Kier alpha value is -3.60. The van der Waals surface area contributed by atoms with Gasteiger partial charge in [0.1, 0.15) is 0 Å². The second-order valence-corrected chi connectivity index (χ2v) is 12.4. The maximum atomic E-state index is 13.5. The number of piperazine rings is 1. The van der Waals surface area contributed by atoms with Gasteiger partial charge in [0, 0.05) is 42.5 Å². The zero-order chi connectivity index (χ0) is 28.8. The van der Waals surface area contributed by atoms with Crippen LogP contribution in [0.3, 0.4) is 0 Å². The highest BCUT2D eigenvalue weighted by molar-refractivity contribution is 7.89. The van der Waals surface area contributed by atoms with Gasteiger partial charge in [0.15, 0.2) is 5.11 Å². The Morgan fingerprint density at radius 2 is 1.29 bits per heavy atom. The molecule has 1 fully saturated rings. The summed E-state index contributed by atoms with van der Waals surface area (Å²) < 4.78 is 28.5. The Morgan fingerprint density at radius 1 is 0.756 bits per heavy atom. The van der Waals surface area contributed by atoms with Crippen molar-refractivity contribution in [3.8, 4) is 0 Å². The van der Waals surface area contributed by atoms with Crippen LogP contribution in [0.5, 0.6) is 0 Å². The van der Waals surface area contributed by atoms with E-state index >= 15 is 0 Å². The number of halogens is 1. The third-order valence-electron chi connectivity index (χ3n) is 6.95. The van der Waals surface area contributed by atoms with E-state index in [1.165, 1.54) is 15.4 Å². The molecule has 1 saturated heterocycles. The average molecular weight is 605 g/mol. The molecule has 41 heavy (non-hydrogen) atoms. The van der Waals surface area contributed by atoms with Crippen LogP contribution in [0.4, 0.5) is 5.69 Å². The van der Waals surface area contributed by atoms with Crippen molar-refractivity contribution in [2.75, 3.05) is 31.5 Å². The highest BCUT2D eigenvalue weighted by Gasteiger charge is 2.32. The molecule has 0 radical (unpaired) electrons. The van der Waals surface area contributed by atoms with Crippen molar-refractivity contribution >= 4 is 50.5 Å². The van der Waals surface area contributed by atoms with Gasteiger partial charge in [0.05, 0.1) is 10.9 Å².